The molecule has 0 saturated heterocycles. The normalized spacial score (nSPS) is 14.5. The van der Waals surface area contributed by atoms with Crippen molar-refractivity contribution in [3.05, 3.63) is 271 Å². The molecule has 0 fully saturated rings. The third-order valence-corrected chi connectivity index (χ3v) is 16.2. The summed E-state index contributed by atoms with van der Waals surface area (Å²) in [5.74, 6) is 1.69. The monoisotopic (exact) mass is 907 g/mol. The molecule has 0 bridgehead atoms. The largest absolute Gasteiger partial charge is 0.456 e. The van der Waals surface area contributed by atoms with Crippen LogP contribution in [-0.2, 0) is 5.41 Å². The van der Waals surface area contributed by atoms with Crippen molar-refractivity contribution >= 4 is 48.6 Å². The molecule has 1 atom stereocenters. The van der Waals surface area contributed by atoms with E-state index >= 15 is 0 Å². The van der Waals surface area contributed by atoms with Crippen LogP contribution in [0.4, 0.5) is 17.1 Å². The molecule has 11 aromatic carbocycles. The minimum absolute atomic E-state index is 0.672. The Bertz CT molecular complexity index is 4130. The van der Waals surface area contributed by atoms with Crippen LogP contribution >= 0.6 is 11.3 Å². The summed E-state index contributed by atoms with van der Waals surface area (Å²) in [6, 6.07) is 92.1. The first-order chi connectivity index (χ1) is 34.7. The molecule has 0 amide bonds. The van der Waals surface area contributed by atoms with E-state index in [0.717, 1.165) is 61.9 Å². The van der Waals surface area contributed by atoms with Gasteiger partial charge in [0.1, 0.15) is 11.5 Å². The van der Waals surface area contributed by atoms with E-state index in [2.05, 4.69) is 254 Å². The maximum absolute atomic E-state index is 6.84. The van der Waals surface area contributed by atoms with Crippen molar-refractivity contribution in [1.82, 2.24) is 0 Å². The Morgan fingerprint density at radius 3 is 1.57 bits per heavy atom. The summed E-state index contributed by atoms with van der Waals surface area (Å²) in [7, 11) is 0. The number of para-hydroxylation sites is 2. The molecule has 2 nitrogen and oxygen atoms in total. The Kier molecular flexibility index (Phi) is 8.48. The summed E-state index contributed by atoms with van der Waals surface area (Å²) in [5.41, 5.74) is 22.0. The number of nitrogens with zero attached hydrogens (tertiary/aromatic N) is 1. The number of thiophene rings is 1. The van der Waals surface area contributed by atoms with E-state index in [1.54, 1.807) is 0 Å². The third kappa shape index (κ3) is 5.55. The van der Waals surface area contributed by atoms with Crippen LogP contribution in [0.5, 0.6) is 11.5 Å². The van der Waals surface area contributed by atoms with Gasteiger partial charge < -0.3 is 9.64 Å². The van der Waals surface area contributed by atoms with Gasteiger partial charge in [-0.1, -0.05) is 188 Å². The van der Waals surface area contributed by atoms with Crippen molar-refractivity contribution in [2.24, 2.45) is 0 Å². The number of fused-ring (bicyclic) bond motifs is 20. The molecular formula is C67H41NOS. The lowest BCUT2D eigenvalue weighted by atomic mass is 9.65. The number of anilines is 3. The molecule has 2 heterocycles. The minimum atomic E-state index is -0.672. The zero-order valence-electron chi connectivity index (χ0n) is 37.9. The van der Waals surface area contributed by atoms with Gasteiger partial charge in [0.15, 0.2) is 0 Å². The Morgan fingerprint density at radius 1 is 0.300 bits per heavy atom. The highest BCUT2D eigenvalue weighted by atomic mass is 32.1. The van der Waals surface area contributed by atoms with E-state index in [1.807, 2.05) is 11.3 Å². The molecule has 12 aromatic rings. The fraction of sp³-hybridized carbons (Fsp3) is 0.0149. The van der Waals surface area contributed by atoms with Crippen LogP contribution in [-0.4, -0.2) is 0 Å². The highest BCUT2D eigenvalue weighted by Gasteiger charge is 2.50. The van der Waals surface area contributed by atoms with Crippen LogP contribution in [0.1, 0.15) is 22.3 Å². The highest BCUT2D eigenvalue weighted by molar-refractivity contribution is 7.25. The van der Waals surface area contributed by atoms with Crippen molar-refractivity contribution in [1.29, 1.82) is 0 Å². The van der Waals surface area contributed by atoms with Crippen LogP contribution in [0.2, 0.25) is 0 Å². The molecule has 1 aromatic heterocycles. The van der Waals surface area contributed by atoms with E-state index in [9.17, 15) is 0 Å². The van der Waals surface area contributed by atoms with Gasteiger partial charge in [0, 0.05) is 48.2 Å². The molecule has 0 radical (unpaired) electrons. The maximum atomic E-state index is 6.84. The zero-order valence-corrected chi connectivity index (χ0v) is 38.8. The topological polar surface area (TPSA) is 12.5 Å². The molecule has 15 rings (SSSR count). The lowest BCUT2D eigenvalue weighted by molar-refractivity contribution is 0.488. The Morgan fingerprint density at radius 2 is 0.814 bits per heavy atom. The van der Waals surface area contributed by atoms with E-state index in [4.69, 9.17) is 4.74 Å². The summed E-state index contributed by atoms with van der Waals surface area (Å²) >= 11 is 1.90. The molecular weight excluding hydrogens is 867 g/mol. The summed E-state index contributed by atoms with van der Waals surface area (Å²) < 4.78 is 9.45. The number of ether oxygens (including phenoxy) is 1. The molecule has 70 heavy (non-hydrogen) atoms. The van der Waals surface area contributed by atoms with Crippen LogP contribution in [0.15, 0.2) is 249 Å². The van der Waals surface area contributed by atoms with Crippen molar-refractivity contribution in [2.45, 2.75) is 5.41 Å². The second-order valence-corrected chi connectivity index (χ2v) is 19.7. The number of hydrogen-bond donors (Lipinski definition) is 0. The van der Waals surface area contributed by atoms with Gasteiger partial charge in [-0.2, -0.15) is 0 Å². The predicted molar refractivity (Wildman–Crippen MR) is 292 cm³/mol. The van der Waals surface area contributed by atoms with Crippen LogP contribution in [0.25, 0.3) is 86.9 Å². The standard InChI is InChI=1S/C67H41NOS/c1-2-18-42(19-3-1)45-20-10-15-31-62(45)68(43-35-37-64-56(38-43)49-24-7-6-23-48(49)53-27-11-16-32-63(53)69-64)44-34-36-52-47-22-5-4-21-46(47)50-25-8-13-29-58(50)67(60(52)39-44)59-30-14-9-26-51(59)55-40-57-54-28-12-17-33-65(54)70-66(57)41-61(55)67/h1-41H. The summed E-state index contributed by atoms with van der Waals surface area (Å²) in [6.45, 7) is 0. The average molecular weight is 908 g/mol. The molecule has 326 valence electrons. The Balaban J connectivity index is 1.05. The minimum Gasteiger partial charge on any atom is -0.456 e. The molecule has 2 aliphatic carbocycles. The molecule has 3 aliphatic rings. The van der Waals surface area contributed by atoms with Crippen molar-refractivity contribution in [3.8, 4) is 78.3 Å². The molecule has 0 saturated carbocycles. The number of hydrogen-bond acceptors (Lipinski definition) is 3. The van der Waals surface area contributed by atoms with Crippen LogP contribution in [0.3, 0.4) is 0 Å². The van der Waals surface area contributed by atoms with Crippen LogP contribution < -0.4 is 9.64 Å². The smallest absolute Gasteiger partial charge is 0.135 e. The van der Waals surface area contributed by atoms with Gasteiger partial charge in [-0.3, -0.25) is 0 Å². The van der Waals surface area contributed by atoms with Crippen LogP contribution in [0, 0.1) is 0 Å². The molecule has 1 unspecified atom stereocenters. The van der Waals surface area contributed by atoms with Gasteiger partial charge in [0.2, 0.25) is 0 Å². The third-order valence-electron chi connectivity index (χ3n) is 15.1. The quantitative estimate of drug-likeness (QED) is 0.174. The van der Waals surface area contributed by atoms with E-state index < -0.39 is 5.41 Å². The van der Waals surface area contributed by atoms with Crippen molar-refractivity contribution in [2.75, 3.05) is 4.90 Å². The first-order valence-corrected chi connectivity index (χ1v) is 24.9. The average Bonchev–Trinajstić information content (AvgIpc) is 3.85. The first-order valence-electron chi connectivity index (χ1n) is 24.1. The van der Waals surface area contributed by atoms with Crippen molar-refractivity contribution in [3.63, 3.8) is 0 Å². The summed E-state index contributed by atoms with van der Waals surface area (Å²) in [6.07, 6.45) is 0. The second-order valence-electron chi connectivity index (χ2n) is 18.7. The Labute approximate surface area is 410 Å². The summed E-state index contributed by atoms with van der Waals surface area (Å²) in [4.78, 5) is 2.48. The maximum Gasteiger partial charge on any atom is 0.135 e. The zero-order chi connectivity index (χ0) is 45.9. The highest BCUT2D eigenvalue weighted by Crippen LogP contribution is 2.63. The molecule has 1 aliphatic heterocycles. The molecule has 0 N–H and O–H groups in total. The fourth-order valence-electron chi connectivity index (χ4n) is 12.2. The van der Waals surface area contributed by atoms with Gasteiger partial charge in [-0.05, 0) is 133 Å². The molecule has 3 heteroatoms. The van der Waals surface area contributed by atoms with E-state index in [1.165, 1.54) is 75.8 Å². The number of benzene rings is 11. The Hall–Kier alpha value is -8.76. The first kappa shape index (κ1) is 39.3. The fourth-order valence-corrected chi connectivity index (χ4v) is 13.3. The predicted octanol–water partition coefficient (Wildman–Crippen LogP) is 18.6. The van der Waals surface area contributed by atoms with Gasteiger partial charge in [0.25, 0.3) is 0 Å². The summed E-state index contributed by atoms with van der Waals surface area (Å²) in [5, 5.41) is 2.62. The second kappa shape index (κ2) is 15.1. The van der Waals surface area contributed by atoms with Gasteiger partial charge >= 0.3 is 0 Å². The van der Waals surface area contributed by atoms with E-state index in [0.29, 0.717) is 0 Å². The number of rotatable bonds is 4. The van der Waals surface area contributed by atoms with Gasteiger partial charge in [0.05, 0.1) is 11.1 Å². The van der Waals surface area contributed by atoms with E-state index in [-0.39, 0.29) is 0 Å². The SMILES string of the molecule is c1ccc(-c2ccccc2N(c2ccc3c(c2)-c2ccccc2-c2ccccc2O3)c2ccc3c(c2)C2(c4ccccc4-c4ccccc4-3)c3ccccc3-c3cc4c(cc32)sc2ccccc24)cc1. The van der Waals surface area contributed by atoms with Gasteiger partial charge in [-0.15, -0.1) is 11.3 Å². The van der Waals surface area contributed by atoms with Crippen molar-refractivity contribution < 1.29 is 4.74 Å². The van der Waals surface area contributed by atoms with Gasteiger partial charge in [-0.25, -0.2) is 0 Å². The lowest BCUT2D eigenvalue weighted by Crippen LogP contribution is -2.29. The molecule has 1 spiro atoms. The lowest BCUT2D eigenvalue weighted by Gasteiger charge is -2.37.